The second kappa shape index (κ2) is 8.48. The first kappa shape index (κ1) is 15.4. The maximum Gasteiger partial charge on any atom is 0.234 e. The van der Waals surface area contributed by atoms with Gasteiger partial charge in [0.2, 0.25) is 5.91 Å². The Morgan fingerprint density at radius 3 is 2.89 bits per heavy atom. The Morgan fingerprint density at radius 2 is 2.22 bits per heavy atom. The van der Waals surface area contributed by atoms with Crippen molar-refractivity contribution in [3.63, 3.8) is 0 Å². The molecule has 1 amide bonds. The van der Waals surface area contributed by atoms with E-state index in [-0.39, 0.29) is 11.9 Å². The largest absolute Gasteiger partial charge is 0.368 e. The molecule has 0 radical (unpaired) electrons. The number of primary amides is 1. The molecule has 3 N–H and O–H groups in total. The first-order valence-electron chi connectivity index (χ1n) is 7.42. The lowest BCUT2D eigenvalue weighted by Crippen LogP contribution is -2.45. The summed E-state index contributed by atoms with van der Waals surface area (Å²) in [7, 11) is 0. The summed E-state index contributed by atoms with van der Waals surface area (Å²) in [6.07, 6.45) is 7.11. The number of carbonyl (C=O) groups is 1. The van der Waals surface area contributed by atoms with E-state index in [1.165, 1.54) is 32.2 Å². The molecule has 0 aromatic carbocycles. The molecule has 0 bridgehead atoms. The summed E-state index contributed by atoms with van der Waals surface area (Å²) in [5.74, 6) is -0.217. The fourth-order valence-corrected chi connectivity index (χ4v) is 2.62. The number of likely N-dealkylation sites (tertiary alicyclic amines) is 1. The van der Waals surface area contributed by atoms with Gasteiger partial charge in [-0.2, -0.15) is 0 Å². The summed E-state index contributed by atoms with van der Waals surface area (Å²) in [5, 5.41) is 3.24. The van der Waals surface area contributed by atoms with Crippen LogP contribution in [0.25, 0.3) is 0 Å². The number of nitrogens with one attached hydrogen (secondary N) is 1. The van der Waals surface area contributed by atoms with E-state index in [0.717, 1.165) is 25.9 Å². The van der Waals surface area contributed by atoms with Gasteiger partial charge in [-0.15, -0.1) is 0 Å². The number of nitrogens with zero attached hydrogens (tertiary/aromatic N) is 1. The average molecular weight is 255 g/mol. The highest BCUT2D eigenvalue weighted by Crippen LogP contribution is 2.16. The molecule has 0 spiro atoms. The zero-order valence-corrected chi connectivity index (χ0v) is 12.0. The normalized spacial score (nSPS) is 23.6. The quantitative estimate of drug-likeness (QED) is 0.725. The van der Waals surface area contributed by atoms with Crippen molar-refractivity contribution in [1.29, 1.82) is 0 Å². The smallest absolute Gasteiger partial charge is 0.234 e. The number of hydrogen-bond donors (Lipinski definition) is 2. The third-order valence-corrected chi connectivity index (χ3v) is 3.88. The van der Waals surface area contributed by atoms with Crippen LogP contribution in [-0.2, 0) is 4.79 Å². The van der Waals surface area contributed by atoms with Gasteiger partial charge in [-0.05, 0) is 45.7 Å². The maximum atomic E-state index is 11.4. The third-order valence-electron chi connectivity index (χ3n) is 3.88. The molecular weight excluding hydrogens is 226 g/mol. The molecule has 0 aromatic rings. The fraction of sp³-hybridized carbons (Fsp3) is 0.929. The van der Waals surface area contributed by atoms with E-state index in [4.69, 9.17) is 5.73 Å². The Kier molecular flexibility index (Phi) is 7.28. The van der Waals surface area contributed by atoms with E-state index in [0.29, 0.717) is 6.04 Å². The first-order chi connectivity index (χ1) is 8.65. The minimum Gasteiger partial charge on any atom is -0.368 e. The molecule has 2 atom stereocenters. The molecule has 1 saturated heterocycles. The Labute approximate surface area is 111 Å². The van der Waals surface area contributed by atoms with Crippen LogP contribution in [0.15, 0.2) is 0 Å². The Hall–Kier alpha value is -0.610. The van der Waals surface area contributed by atoms with Crippen LogP contribution in [-0.4, -0.2) is 42.5 Å². The van der Waals surface area contributed by atoms with Crippen molar-refractivity contribution in [1.82, 2.24) is 10.2 Å². The van der Waals surface area contributed by atoms with Crippen LogP contribution in [0.2, 0.25) is 0 Å². The lowest BCUT2D eigenvalue weighted by Gasteiger charge is -2.28. The lowest BCUT2D eigenvalue weighted by atomic mass is 10.1. The summed E-state index contributed by atoms with van der Waals surface area (Å²) in [5.41, 5.74) is 5.44. The van der Waals surface area contributed by atoms with Crippen LogP contribution < -0.4 is 11.1 Å². The van der Waals surface area contributed by atoms with Gasteiger partial charge in [0, 0.05) is 12.6 Å². The molecule has 4 heteroatoms. The minimum atomic E-state index is -0.217. The van der Waals surface area contributed by atoms with Gasteiger partial charge in [0.15, 0.2) is 0 Å². The van der Waals surface area contributed by atoms with Crippen molar-refractivity contribution in [3.05, 3.63) is 0 Å². The molecule has 0 saturated carbocycles. The predicted molar refractivity (Wildman–Crippen MR) is 75.4 cm³/mol. The molecule has 1 fully saturated rings. The standard InChI is InChI=1S/C14H29N3O/c1-3-9-16-13(14(15)18)8-11-17-10-6-4-5-7-12(17)2/h12-13,16H,3-11H2,1-2H3,(H2,15,18). The van der Waals surface area contributed by atoms with E-state index in [1.54, 1.807) is 0 Å². The van der Waals surface area contributed by atoms with E-state index >= 15 is 0 Å². The van der Waals surface area contributed by atoms with Gasteiger partial charge >= 0.3 is 0 Å². The highest BCUT2D eigenvalue weighted by Gasteiger charge is 2.20. The number of carbonyl (C=O) groups excluding carboxylic acids is 1. The molecule has 1 aliphatic heterocycles. The number of rotatable bonds is 7. The topological polar surface area (TPSA) is 58.4 Å². The van der Waals surface area contributed by atoms with Crippen molar-refractivity contribution in [2.45, 2.75) is 64.5 Å². The fourth-order valence-electron chi connectivity index (χ4n) is 2.62. The van der Waals surface area contributed by atoms with Crippen molar-refractivity contribution < 1.29 is 4.79 Å². The van der Waals surface area contributed by atoms with Gasteiger partial charge in [0.25, 0.3) is 0 Å². The predicted octanol–water partition coefficient (Wildman–Crippen LogP) is 1.49. The van der Waals surface area contributed by atoms with Gasteiger partial charge in [-0.3, -0.25) is 4.79 Å². The molecule has 2 unspecified atom stereocenters. The van der Waals surface area contributed by atoms with Crippen LogP contribution in [0.5, 0.6) is 0 Å². The van der Waals surface area contributed by atoms with Crippen molar-refractivity contribution in [2.75, 3.05) is 19.6 Å². The van der Waals surface area contributed by atoms with Crippen LogP contribution >= 0.6 is 0 Å². The second-order valence-electron chi connectivity index (χ2n) is 5.43. The van der Waals surface area contributed by atoms with Crippen LogP contribution in [0.4, 0.5) is 0 Å². The average Bonchev–Trinajstić information content (AvgIpc) is 2.54. The van der Waals surface area contributed by atoms with E-state index in [2.05, 4.69) is 24.1 Å². The molecule has 1 rings (SSSR count). The zero-order chi connectivity index (χ0) is 13.4. The third kappa shape index (κ3) is 5.36. The van der Waals surface area contributed by atoms with Gasteiger partial charge in [0.1, 0.15) is 0 Å². The number of hydrogen-bond acceptors (Lipinski definition) is 3. The van der Waals surface area contributed by atoms with Gasteiger partial charge in [0.05, 0.1) is 6.04 Å². The molecule has 1 aliphatic rings. The van der Waals surface area contributed by atoms with E-state index < -0.39 is 0 Å². The van der Waals surface area contributed by atoms with Crippen molar-refractivity contribution in [3.8, 4) is 0 Å². The summed E-state index contributed by atoms with van der Waals surface area (Å²) < 4.78 is 0. The molecule has 1 heterocycles. The molecule has 4 nitrogen and oxygen atoms in total. The summed E-state index contributed by atoms with van der Waals surface area (Å²) >= 11 is 0. The monoisotopic (exact) mass is 255 g/mol. The molecule has 0 aliphatic carbocycles. The molecule has 18 heavy (non-hydrogen) atoms. The van der Waals surface area contributed by atoms with Gasteiger partial charge in [-0.1, -0.05) is 19.8 Å². The van der Waals surface area contributed by atoms with Crippen LogP contribution in [0.3, 0.4) is 0 Å². The summed E-state index contributed by atoms with van der Waals surface area (Å²) in [6.45, 7) is 7.40. The van der Waals surface area contributed by atoms with Crippen LogP contribution in [0.1, 0.15) is 52.4 Å². The van der Waals surface area contributed by atoms with Crippen molar-refractivity contribution >= 4 is 5.91 Å². The zero-order valence-electron chi connectivity index (χ0n) is 12.0. The Balaban J connectivity index is 2.37. The molecule has 0 aromatic heterocycles. The van der Waals surface area contributed by atoms with E-state index in [9.17, 15) is 4.79 Å². The maximum absolute atomic E-state index is 11.4. The lowest BCUT2D eigenvalue weighted by molar-refractivity contribution is -0.120. The van der Waals surface area contributed by atoms with Crippen LogP contribution in [0, 0.1) is 0 Å². The molecular formula is C14H29N3O. The van der Waals surface area contributed by atoms with E-state index in [1.807, 2.05) is 0 Å². The second-order valence-corrected chi connectivity index (χ2v) is 5.43. The SMILES string of the molecule is CCCNC(CCN1CCCCCC1C)C(N)=O. The van der Waals surface area contributed by atoms with Crippen molar-refractivity contribution in [2.24, 2.45) is 5.73 Å². The first-order valence-corrected chi connectivity index (χ1v) is 7.42. The Morgan fingerprint density at radius 1 is 1.44 bits per heavy atom. The highest BCUT2D eigenvalue weighted by atomic mass is 16.1. The molecule has 106 valence electrons. The minimum absolute atomic E-state index is 0.166. The Bertz CT molecular complexity index is 245. The van der Waals surface area contributed by atoms with Gasteiger partial charge < -0.3 is 16.0 Å². The summed E-state index contributed by atoms with van der Waals surface area (Å²) in [6, 6.07) is 0.479. The number of nitrogens with two attached hydrogens (primary N) is 1. The highest BCUT2D eigenvalue weighted by molar-refractivity contribution is 5.79. The summed E-state index contributed by atoms with van der Waals surface area (Å²) in [4.78, 5) is 13.9. The van der Waals surface area contributed by atoms with Gasteiger partial charge in [-0.25, -0.2) is 0 Å². The number of amides is 1.